The van der Waals surface area contributed by atoms with Crippen molar-refractivity contribution in [1.29, 1.82) is 0 Å². The highest BCUT2D eigenvalue weighted by atomic mass is 32.4. The summed E-state index contributed by atoms with van der Waals surface area (Å²) in [6, 6.07) is -1.50. The van der Waals surface area contributed by atoms with Crippen molar-refractivity contribution in [3.63, 3.8) is 0 Å². The minimum absolute atomic E-state index is 0.495. The van der Waals surface area contributed by atoms with Gasteiger partial charge in [0.15, 0.2) is 0 Å². The van der Waals surface area contributed by atoms with Crippen LogP contribution in [-0.2, 0) is 11.8 Å². The average molecular weight is 153 g/mol. The van der Waals surface area contributed by atoms with Crippen LogP contribution in [0.2, 0.25) is 0 Å². The first-order chi connectivity index (χ1) is 3.68. The van der Waals surface area contributed by atoms with E-state index in [2.05, 4.69) is 0 Å². The Kier molecular flexibility index (Phi) is 3.77. The molecule has 0 unspecified atom stereocenters. The summed E-state index contributed by atoms with van der Waals surface area (Å²) in [4.78, 5) is 0. The summed E-state index contributed by atoms with van der Waals surface area (Å²) in [7, 11) is 0. The van der Waals surface area contributed by atoms with E-state index in [9.17, 15) is 0 Å². The molecule has 0 saturated carbocycles. The molecule has 5 heteroatoms. The quantitative estimate of drug-likeness (QED) is 0.464. The van der Waals surface area contributed by atoms with Gasteiger partial charge >= 0.3 is 0 Å². The molecule has 0 rings (SSSR count). The summed E-state index contributed by atoms with van der Waals surface area (Å²) in [6.45, 7) is 0. The Balaban J connectivity index is 3.79. The van der Waals surface area contributed by atoms with Crippen molar-refractivity contribution < 1.29 is 0 Å². The summed E-state index contributed by atoms with van der Waals surface area (Å²) >= 11 is 5.04. The fraction of sp³-hybridized carbons (Fsp3) is 1.00. The average Bonchev–Trinajstić information content (AvgIpc) is 1.87. The van der Waals surface area contributed by atoms with E-state index in [4.69, 9.17) is 29.0 Å². The van der Waals surface area contributed by atoms with Crippen LogP contribution in [0.4, 0.5) is 0 Å². The van der Waals surface area contributed by atoms with Crippen molar-refractivity contribution >= 4 is 17.8 Å². The maximum Gasteiger partial charge on any atom is 0.0243 e. The molecule has 0 aromatic carbocycles. The van der Waals surface area contributed by atoms with Crippen LogP contribution in [0.25, 0.3) is 0 Å². The molecule has 0 amide bonds. The Morgan fingerprint density at radius 1 is 1.00 bits per heavy atom. The van der Waals surface area contributed by atoms with Crippen molar-refractivity contribution in [2.45, 2.75) is 0 Å². The Labute approximate surface area is 54.6 Å². The molecule has 8 heavy (non-hydrogen) atoms. The summed E-state index contributed by atoms with van der Waals surface area (Å²) in [5.74, 6) is 0. The first kappa shape index (κ1) is 8.53. The Bertz CT molecular complexity index is 85.7. The molecule has 3 nitrogen and oxygen atoms in total. The fourth-order valence-corrected chi connectivity index (χ4v) is 0.671. The van der Waals surface area contributed by atoms with Crippen molar-refractivity contribution in [3.8, 4) is 0 Å². The van der Waals surface area contributed by atoms with Crippen molar-refractivity contribution in [2.75, 3.05) is 18.9 Å². The van der Waals surface area contributed by atoms with Gasteiger partial charge in [0.1, 0.15) is 0 Å². The topological polar surface area (TPSA) is 78.1 Å². The molecule has 0 aromatic heterocycles. The molecule has 0 atom stereocenters. The zero-order valence-electron chi connectivity index (χ0n) is 4.71. The fourth-order valence-electron chi connectivity index (χ4n) is 0.224. The van der Waals surface area contributed by atoms with E-state index in [0.717, 1.165) is 0 Å². The number of hydrogen-bond acceptors (Lipinski definition) is 4. The number of nitrogens with two attached hydrogens (primary N) is 3. The third-order valence-electron chi connectivity index (χ3n) is 0.998. The van der Waals surface area contributed by atoms with Gasteiger partial charge in [-0.05, 0) is 6.04 Å². The van der Waals surface area contributed by atoms with Crippen molar-refractivity contribution in [3.05, 3.63) is 0 Å². The van der Waals surface area contributed by atoms with Crippen LogP contribution < -0.4 is 17.2 Å². The van der Waals surface area contributed by atoms with Crippen LogP contribution in [0.1, 0.15) is 0 Å². The van der Waals surface area contributed by atoms with E-state index in [-0.39, 0.29) is 0 Å². The molecule has 0 spiro atoms. The summed E-state index contributed by atoms with van der Waals surface area (Å²) in [6.07, 6.45) is 1.49. The molecule has 0 heterocycles. The SMILES string of the molecule is NCP(=S)(CN)CN. The van der Waals surface area contributed by atoms with E-state index in [1.54, 1.807) is 0 Å². The van der Waals surface area contributed by atoms with Gasteiger partial charge in [-0.1, -0.05) is 11.8 Å². The van der Waals surface area contributed by atoms with Crippen LogP contribution in [-0.4, -0.2) is 18.9 Å². The monoisotopic (exact) mass is 153 g/mol. The van der Waals surface area contributed by atoms with Gasteiger partial charge in [0.2, 0.25) is 0 Å². The van der Waals surface area contributed by atoms with E-state index in [0.29, 0.717) is 18.9 Å². The lowest BCUT2D eigenvalue weighted by molar-refractivity contribution is 1.24. The van der Waals surface area contributed by atoms with Crippen LogP contribution >= 0.6 is 6.04 Å². The van der Waals surface area contributed by atoms with Gasteiger partial charge < -0.3 is 17.2 Å². The van der Waals surface area contributed by atoms with Gasteiger partial charge in [-0.15, -0.1) is 0 Å². The summed E-state index contributed by atoms with van der Waals surface area (Å²) < 4.78 is 0. The van der Waals surface area contributed by atoms with E-state index in [1.165, 1.54) is 0 Å². The molecule has 0 saturated heterocycles. The van der Waals surface area contributed by atoms with Crippen molar-refractivity contribution in [2.24, 2.45) is 17.2 Å². The minimum atomic E-state index is -1.50. The van der Waals surface area contributed by atoms with Gasteiger partial charge in [-0.3, -0.25) is 0 Å². The lowest BCUT2D eigenvalue weighted by Gasteiger charge is -2.13. The zero-order chi connectivity index (χ0) is 6.62. The van der Waals surface area contributed by atoms with Gasteiger partial charge in [-0.2, -0.15) is 0 Å². The van der Waals surface area contributed by atoms with Crippen LogP contribution in [0.3, 0.4) is 0 Å². The molecule has 6 N–H and O–H groups in total. The van der Waals surface area contributed by atoms with E-state index < -0.39 is 6.04 Å². The zero-order valence-corrected chi connectivity index (χ0v) is 6.42. The van der Waals surface area contributed by atoms with E-state index >= 15 is 0 Å². The second-order valence-corrected chi connectivity index (χ2v) is 7.14. The highest BCUT2D eigenvalue weighted by molar-refractivity contribution is 8.14. The molecule has 0 aliphatic heterocycles. The molecular weight excluding hydrogens is 141 g/mol. The highest BCUT2D eigenvalue weighted by Crippen LogP contribution is 2.38. The third kappa shape index (κ3) is 2.20. The lowest BCUT2D eigenvalue weighted by Crippen LogP contribution is -2.16. The van der Waals surface area contributed by atoms with Gasteiger partial charge in [0.05, 0.1) is 0 Å². The summed E-state index contributed by atoms with van der Waals surface area (Å²) in [5, 5.41) is 0. The lowest BCUT2D eigenvalue weighted by atomic mass is 11.5. The molecular formula is C3H12N3PS. The maximum absolute atomic E-state index is 5.31. The van der Waals surface area contributed by atoms with Gasteiger partial charge in [-0.25, -0.2) is 0 Å². The second-order valence-electron chi connectivity index (χ2n) is 1.61. The van der Waals surface area contributed by atoms with Crippen LogP contribution in [0, 0.1) is 0 Å². The summed E-state index contributed by atoms with van der Waals surface area (Å²) in [5.41, 5.74) is 15.9. The molecule has 0 radical (unpaired) electrons. The highest BCUT2D eigenvalue weighted by Gasteiger charge is 2.07. The standard InChI is InChI=1S/C3H12N3PS/c4-1-7(8,2-5)3-6/h1-6H2. The number of rotatable bonds is 3. The maximum atomic E-state index is 5.31. The largest absolute Gasteiger partial charge is 0.326 e. The molecule has 0 aliphatic carbocycles. The molecule has 0 aromatic rings. The van der Waals surface area contributed by atoms with Gasteiger partial charge in [0.25, 0.3) is 0 Å². The molecule has 50 valence electrons. The van der Waals surface area contributed by atoms with Crippen LogP contribution in [0.5, 0.6) is 0 Å². The Morgan fingerprint density at radius 3 is 1.25 bits per heavy atom. The minimum Gasteiger partial charge on any atom is -0.326 e. The molecule has 0 fully saturated rings. The normalized spacial score (nSPS) is 11.9. The molecule has 0 bridgehead atoms. The smallest absolute Gasteiger partial charge is 0.0243 e. The van der Waals surface area contributed by atoms with Crippen molar-refractivity contribution in [1.82, 2.24) is 0 Å². The van der Waals surface area contributed by atoms with Gasteiger partial charge in [0, 0.05) is 18.9 Å². The first-order valence-electron chi connectivity index (χ1n) is 2.36. The van der Waals surface area contributed by atoms with Crippen LogP contribution in [0.15, 0.2) is 0 Å². The van der Waals surface area contributed by atoms with E-state index in [1.807, 2.05) is 0 Å². The third-order valence-corrected chi connectivity index (χ3v) is 4.34. The molecule has 0 aliphatic rings. The Morgan fingerprint density at radius 2 is 1.25 bits per heavy atom. The Hall–Kier alpha value is 0.530. The first-order valence-corrected chi connectivity index (χ1v) is 5.71. The predicted octanol–water partition coefficient (Wildman–Crippen LogP) is -0.785. The second kappa shape index (κ2) is 3.54. The number of hydrogen-bond donors (Lipinski definition) is 3. The predicted molar refractivity (Wildman–Crippen MR) is 41.4 cm³/mol.